The zero-order valence-electron chi connectivity index (χ0n) is 10.9. The molecule has 0 bridgehead atoms. The fourth-order valence-corrected chi connectivity index (χ4v) is 3.12. The molecule has 0 unspecified atom stereocenters. The zero-order valence-corrected chi connectivity index (χ0v) is 11.7. The Morgan fingerprint density at radius 3 is 2.89 bits per heavy atom. The van der Waals surface area contributed by atoms with Crippen molar-refractivity contribution in [1.82, 2.24) is 19.5 Å². The van der Waals surface area contributed by atoms with Gasteiger partial charge in [-0.25, -0.2) is 15.0 Å². The van der Waals surface area contributed by atoms with E-state index in [4.69, 9.17) is 10.7 Å². The average Bonchev–Trinajstić information content (AvgIpc) is 2.98. The maximum atomic E-state index is 5.66. The first-order valence-electron chi connectivity index (χ1n) is 6.22. The number of thiazole rings is 1. The third-order valence-electron chi connectivity index (χ3n) is 3.04. The van der Waals surface area contributed by atoms with Crippen molar-refractivity contribution in [2.75, 3.05) is 0 Å². The molecule has 0 saturated carbocycles. The second-order valence-corrected chi connectivity index (χ2v) is 5.34. The molecule has 3 aromatic rings. The molecule has 3 heterocycles. The van der Waals surface area contributed by atoms with Crippen LogP contribution < -0.4 is 5.73 Å². The van der Waals surface area contributed by atoms with Gasteiger partial charge in [-0.2, -0.15) is 0 Å². The van der Waals surface area contributed by atoms with Gasteiger partial charge in [0.25, 0.3) is 0 Å². The molecule has 0 aromatic carbocycles. The molecule has 3 aromatic heterocycles. The minimum Gasteiger partial charge on any atom is -0.325 e. The van der Waals surface area contributed by atoms with Crippen LogP contribution in [0.15, 0.2) is 18.3 Å². The van der Waals surface area contributed by atoms with E-state index >= 15 is 0 Å². The van der Waals surface area contributed by atoms with Crippen LogP contribution in [0.4, 0.5) is 0 Å². The smallest absolute Gasteiger partial charge is 0.160 e. The van der Waals surface area contributed by atoms with E-state index in [1.807, 2.05) is 19.1 Å². The van der Waals surface area contributed by atoms with Gasteiger partial charge in [-0.05, 0) is 26.0 Å². The number of imidazole rings is 1. The summed E-state index contributed by atoms with van der Waals surface area (Å²) in [6, 6.07) is 3.89. The van der Waals surface area contributed by atoms with Gasteiger partial charge in [0, 0.05) is 19.3 Å². The lowest BCUT2D eigenvalue weighted by atomic mass is 10.3. The molecule has 19 heavy (non-hydrogen) atoms. The molecular formula is C13H15N5S. The van der Waals surface area contributed by atoms with E-state index in [0.29, 0.717) is 6.54 Å². The Labute approximate surface area is 115 Å². The Kier molecular flexibility index (Phi) is 3.04. The topological polar surface area (TPSA) is 69.6 Å². The minimum absolute atomic E-state index is 0.468. The minimum atomic E-state index is 0.468. The standard InChI is InChI=1S/C13H15N5S/c1-3-18-12-9(5-4-6-15-12)17-13(18)11-8(2)16-10(7-14)19-11/h4-6H,3,7,14H2,1-2H3. The molecule has 0 radical (unpaired) electrons. The lowest BCUT2D eigenvalue weighted by molar-refractivity contribution is 0.788. The summed E-state index contributed by atoms with van der Waals surface area (Å²) in [7, 11) is 0. The maximum absolute atomic E-state index is 5.66. The van der Waals surface area contributed by atoms with Crippen molar-refractivity contribution in [3.63, 3.8) is 0 Å². The molecule has 0 aliphatic carbocycles. The lowest BCUT2D eigenvalue weighted by Gasteiger charge is -2.03. The molecule has 0 aliphatic heterocycles. The summed E-state index contributed by atoms with van der Waals surface area (Å²) in [5.74, 6) is 0.936. The van der Waals surface area contributed by atoms with Gasteiger partial charge in [0.1, 0.15) is 10.5 Å². The van der Waals surface area contributed by atoms with Gasteiger partial charge in [0.05, 0.1) is 10.6 Å². The summed E-state index contributed by atoms with van der Waals surface area (Å²) < 4.78 is 2.12. The molecule has 5 nitrogen and oxygen atoms in total. The van der Waals surface area contributed by atoms with Crippen LogP contribution in [-0.2, 0) is 13.1 Å². The van der Waals surface area contributed by atoms with E-state index in [2.05, 4.69) is 21.5 Å². The molecular weight excluding hydrogens is 258 g/mol. The van der Waals surface area contributed by atoms with E-state index in [1.165, 1.54) is 0 Å². The normalized spacial score (nSPS) is 11.3. The van der Waals surface area contributed by atoms with E-state index in [0.717, 1.165) is 39.1 Å². The molecule has 0 saturated heterocycles. The fraction of sp³-hybridized carbons (Fsp3) is 0.308. The highest BCUT2D eigenvalue weighted by Gasteiger charge is 2.17. The van der Waals surface area contributed by atoms with Crippen LogP contribution in [0.1, 0.15) is 17.6 Å². The third kappa shape index (κ3) is 1.93. The van der Waals surface area contributed by atoms with Crippen molar-refractivity contribution in [3.8, 4) is 10.7 Å². The van der Waals surface area contributed by atoms with Crippen molar-refractivity contribution < 1.29 is 0 Å². The number of hydrogen-bond acceptors (Lipinski definition) is 5. The Balaban J connectivity index is 2.26. The van der Waals surface area contributed by atoms with Gasteiger partial charge in [-0.15, -0.1) is 11.3 Å². The monoisotopic (exact) mass is 273 g/mol. The highest BCUT2D eigenvalue weighted by molar-refractivity contribution is 7.15. The SMILES string of the molecule is CCn1c(-c2sc(CN)nc2C)nc2cccnc21. The first-order valence-corrected chi connectivity index (χ1v) is 7.04. The number of nitrogens with zero attached hydrogens (tertiary/aromatic N) is 4. The second-order valence-electron chi connectivity index (χ2n) is 4.25. The van der Waals surface area contributed by atoms with Crippen molar-refractivity contribution in [2.24, 2.45) is 5.73 Å². The Hall–Kier alpha value is -1.79. The van der Waals surface area contributed by atoms with Crippen LogP contribution >= 0.6 is 11.3 Å². The quantitative estimate of drug-likeness (QED) is 0.795. The largest absolute Gasteiger partial charge is 0.325 e. The van der Waals surface area contributed by atoms with E-state index in [9.17, 15) is 0 Å². The molecule has 0 aliphatic rings. The van der Waals surface area contributed by atoms with Crippen LogP contribution in [-0.4, -0.2) is 19.5 Å². The molecule has 0 spiro atoms. The summed E-state index contributed by atoms with van der Waals surface area (Å²) in [5, 5.41) is 0.940. The van der Waals surface area contributed by atoms with Crippen molar-refractivity contribution >= 4 is 22.5 Å². The highest BCUT2D eigenvalue weighted by Crippen LogP contribution is 2.31. The lowest BCUT2D eigenvalue weighted by Crippen LogP contribution is -1.98. The summed E-state index contributed by atoms with van der Waals surface area (Å²) in [6.45, 7) is 5.39. The number of pyridine rings is 1. The van der Waals surface area contributed by atoms with Crippen LogP contribution in [0.25, 0.3) is 21.9 Å². The molecule has 98 valence electrons. The predicted molar refractivity (Wildman–Crippen MR) is 76.9 cm³/mol. The van der Waals surface area contributed by atoms with Crippen LogP contribution in [0.2, 0.25) is 0 Å². The van der Waals surface area contributed by atoms with Gasteiger partial charge >= 0.3 is 0 Å². The number of hydrogen-bond donors (Lipinski definition) is 1. The number of nitrogens with two attached hydrogens (primary N) is 1. The Bertz CT molecular complexity index is 728. The van der Waals surface area contributed by atoms with Crippen LogP contribution in [0, 0.1) is 6.92 Å². The van der Waals surface area contributed by atoms with Gasteiger partial charge in [-0.3, -0.25) is 0 Å². The average molecular weight is 273 g/mol. The first kappa shape index (κ1) is 12.3. The summed E-state index contributed by atoms with van der Waals surface area (Å²) in [5.41, 5.74) is 8.48. The van der Waals surface area contributed by atoms with Crippen LogP contribution in [0.5, 0.6) is 0 Å². The molecule has 0 fully saturated rings. The second kappa shape index (κ2) is 4.71. The maximum Gasteiger partial charge on any atom is 0.160 e. The third-order valence-corrected chi connectivity index (χ3v) is 4.21. The molecule has 0 atom stereocenters. The summed E-state index contributed by atoms with van der Waals surface area (Å²) in [4.78, 5) is 14.7. The molecule has 0 amide bonds. The van der Waals surface area contributed by atoms with Gasteiger partial charge in [-0.1, -0.05) is 0 Å². The van der Waals surface area contributed by atoms with E-state index in [-0.39, 0.29) is 0 Å². The summed E-state index contributed by atoms with van der Waals surface area (Å²) >= 11 is 1.61. The van der Waals surface area contributed by atoms with E-state index < -0.39 is 0 Å². The van der Waals surface area contributed by atoms with Crippen molar-refractivity contribution in [2.45, 2.75) is 26.9 Å². The molecule has 2 N–H and O–H groups in total. The van der Waals surface area contributed by atoms with Crippen molar-refractivity contribution in [3.05, 3.63) is 29.0 Å². The van der Waals surface area contributed by atoms with Crippen molar-refractivity contribution in [1.29, 1.82) is 0 Å². The zero-order chi connectivity index (χ0) is 13.4. The number of aryl methyl sites for hydroxylation is 2. The van der Waals surface area contributed by atoms with Gasteiger partial charge < -0.3 is 10.3 Å². The number of aromatic nitrogens is 4. The van der Waals surface area contributed by atoms with Gasteiger partial charge in [0.15, 0.2) is 11.5 Å². The van der Waals surface area contributed by atoms with Gasteiger partial charge in [0.2, 0.25) is 0 Å². The Morgan fingerprint density at radius 2 is 2.21 bits per heavy atom. The Morgan fingerprint density at radius 1 is 1.37 bits per heavy atom. The highest BCUT2D eigenvalue weighted by atomic mass is 32.1. The van der Waals surface area contributed by atoms with E-state index in [1.54, 1.807) is 17.5 Å². The fourth-order valence-electron chi connectivity index (χ4n) is 2.18. The number of fused-ring (bicyclic) bond motifs is 1. The molecule has 6 heteroatoms. The van der Waals surface area contributed by atoms with Crippen LogP contribution in [0.3, 0.4) is 0 Å². The predicted octanol–water partition coefficient (Wildman–Crippen LogP) is 2.34. The number of rotatable bonds is 3. The first-order chi connectivity index (χ1) is 9.24. The summed E-state index contributed by atoms with van der Waals surface area (Å²) in [6.07, 6.45) is 1.80. The molecule has 3 rings (SSSR count).